The summed E-state index contributed by atoms with van der Waals surface area (Å²) in [6.45, 7) is 0. The van der Waals surface area contributed by atoms with Crippen LogP contribution in [0.15, 0.2) is 91.0 Å². The van der Waals surface area contributed by atoms with Crippen molar-refractivity contribution in [3.05, 3.63) is 91.0 Å². The number of rotatable bonds is 1. The average molecular weight is 285 g/mol. The van der Waals surface area contributed by atoms with Crippen LogP contribution in [0.5, 0.6) is 5.75 Å². The van der Waals surface area contributed by atoms with Crippen LogP contribution in [0.4, 0.5) is 0 Å². The molecule has 3 rings (SSSR count). The molecule has 0 unspecified atom stereocenters. The Kier molecular flexibility index (Phi) is 6.94. The number of halogens is 1. The first-order valence-corrected chi connectivity index (χ1v) is 6.21. The van der Waals surface area contributed by atoms with E-state index in [-0.39, 0.29) is 12.4 Å². The van der Waals surface area contributed by atoms with Crippen molar-refractivity contribution in [3.8, 4) is 16.9 Å². The maximum absolute atomic E-state index is 8.63. The predicted molar refractivity (Wildman–Crippen MR) is 87.2 cm³/mol. The number of benzene rings is 3. The molecule has 0 radical (unpaired) electrons. The van der Waals surface area contributed by atoms with E-state index in [1.54, 1.807) is 24.3 Å². The van der Waals surface area contributed by atoms with Gasteiger partial charge < -0.3 is 5.11 Å². The highest BCUT2D eigenvalue weighted by atomic mass is 35.5. The molecule has 0 saturated heterocycles. The molecule has 0 aliphatic carbocycles. The fourth-order valence-electron chi connectivity index (χ4n) is 1.69. The summed E-state index contributed by atoms with van der Waals surface area (Å²) in [4.78, 5) is 0. The Morgan fingerprint density at radius 2 is 0.750 bits per heavy atom. The van der Waals surface area contributed by atoms with Gasteiger partial charge in [0.25, 0.3) is 0 Å². The van der Waals surface area contributed by atoms with E-state index in [2.05, 4.69) is 48.5 Å². The standard InChI is InChI=1S/C12H10.C6H6O.ClH/c1-3-7-11(8-4-1)12-9-5-2-6-10-12;7-6-4-2-1-3-5-6;/h1-10H;1-5,7H;1H. The predicted octanol–water partition coefficient (Wildman–Crippen LogP) is 5.17. The monoisotopic (exact) mass is 284 g/mol. The summed E-state index contributed by atoms with van der Waals surface area (Å²) in [6.07, 6.45) is 0. The van der Waals surface area contributed by atoms with Gasteiger partial charge in [0.05, 0.1) is 0 Å². The van der Waals surface area contributed by atoms with Gasteiger partial charge >= 0.3 is 0 Å². The first kappa shape index (κ1) is 15.8. The Bertz CT molecular complexity index is 542. The van der Waals surface area contributed by atoms with E-state index in [1.807, 2.05) is 18.2 Å². The summed E-state index contributed by atoms with van der Waals surface area (Å²) in [7, 11) is 0. The van der Waals surface area contributed by atoms with Gasteiger partial charge in [-0.25, -0.2) is 0 Å². The molecule has 0 amide bonds. The molecular formula is C18H17ClO. The molecule has 0 atom stereocenters. The van der Waals surface area contributed by atoms with Crippen molar-refractivity contribution in [1.29, 1.82) is 0 Å². The molecule has 3 aromatic rings. The van der Waals surface area contributed by atoms with Crippen LogP contribution in [-0.2, 0) is 0 Å². The smallest absolute Gasteiger partial charge is 0.115 e. The van der Waals surface area contributed by atoms with Crippen LogP contribution in [-0.4, -0.2) is 5.11 Å². The maximum Gasteiger partial charge on any atom is 0.115 e. The number of phenolic OH excluding ortho intramolecular Hbond substituents is 1. The quantitative estimate of drug-likeness (QED) is 0.654. The van der Waals surface area contributed by atoms with Crippen molar-refractivity contribution in [1.82, 2.24) is 0 Å². The second-order valence-corrected chi connectivity index (χ2v) is 4.07. The highest BCUT2D eigenvalue weighted by Crippen LogP contribution is 2.17. The van der Waals surface area contributed by atoms with Crippen molar-refractivity contribution < 1.29 is 5.11 Å². The number of para-hydroxylation sites is 1. The lowest BCUT2D eigenvalue weighted by molar-refractivity contribution is 0.475. The van der Waals surface area contributed by atoms with Crippen molar-refractivity contribution in [2.24, 2.45) is 0 Å². The largest absolute Gasteiger partial charge is 0.508 e. The Hall–Kier alpha value is -2.25. The zero-order valence-corrected chi connectivity index (χ0v) is 11.8. The van der Waals surface area contributed by atoms with Crippen molar-refractivity contribution in [3.63, 3.8) is 0 Å². The Morgan fingerprint density at radius 1 is 0.450 bits per heavy atom. The summed E-state index contributed by atoms with van der Waals surface area (Å²) in [6, 6.07) is 29.5. The first-order chi connectivity index (χ1) is 9.36. The molecule has 0 aliphatic heterocycles. The summed E-state index contributed by atoms with van der Waals surface area (Å²) in [5, 5.41) is 8.63. The van der Waals surface area contributed by atoms with Gasteiger partial charge in [-0.2, -0.15) is 0 Å². The molecule has 0 fully saturated rings. The average Bonchev–Trinajstić information content (AvgIpc) is 2.51. The molecule has 0 saturated carbocycles. The second-order valence-electron chi connectivity index (χ2n) is 4.07. The Morgan fingerprint density at radius 3 is 1.00 bits per heavy atom. The van der Waals surface area contributed by atoms with Crippen LogP contribution < -0.4 is 0 Å². The fraction of sp³-hybridized carbons (Fsp3) is 0. The molecule has 20 heavy (non-hydrogen) atoms. The number of hydrogen-bond acceptors (Lipinski definition) is 1. The Labute approximate surface area is 125 Å². The molecule has 3 aromatic carbocycles. The van der Waals surface area contributed by atoms with E-state index < -0.39 is 0 Å². The molecule has 0 aromatic heterocycles. The van der Waals surface area contributed by atoms with E-state index >= 15 is 0 Å². The minimum Gasteiger partial charge on any atom is -0.508 e. The molecule has 1 nitrogen and oxygen atoms in total. The molecule has 102 valence electrons. The lowest BCUT2D eigenvalue weighted by Crippen LogP contribution is -1.73. The van der Waals surface area contributed by atoms with Gasteiger partial charge in [-0.3, -0.25) is 0 Å². The molecule has 2 heteroatoms. The SMILES string of the molecule is Cl.Oc1ccccc1.c1ccc(-c2ccccc2)cc1. The van der Waals surface area contributed by atoms with E-state index in [4.69, 9.17) is 5.11 Å². The van der Waals surface area contributed by atoms with Gasteiger partial charge in [0, 0.05) is 0 Å². The minimum atomic E-state index is 0. The molecular weight excluding hydrogens is 268 g/mol. The van der Waals surface area contributed by atoms with Gasteiger partial charge in [0.2, 0.25) is 0 Å². The number of phenols is 1. The van der Waals surface area contributed by atoms with Crippen LogP contribution in [0, 0.1) is 0 Å². The number of hydrogen-bond donors (Lipinski definition) is 1. The van der Waals surface area contributed by atoms with E-state index in [0.717, 1.165) is 0 Å². The number of aromatic hydroxyl groups is 1. The minimum absolute atomic E-state index is 0. The topological polar surface area (TPSA) is 20.2 Å². The molecule has 0 heterocycles. The Balaban J connectivity index is 0.000000216. The first-order valence-electron chi connectivity index (χ1n) is 6.21. The molecule has 0 bridgehead atoms. The molecule has 1 N–H and O–H groups in total. The van der Waals surface area contributed by atoms with E-state index in [1.165, 1.54) is 11.1 Å². The third kappa shape index (κ3) is 5.17. The van der Waals surface area contributed by atoms with Crippen molar-refractivity contribution >= 4 is 12.4 Å². The van der Waals surface area contributed by atoms with Crippen LogP contribution in [0.25, 0.3) is 11.1 Å². The maximum atomic E-state index is 8.63. The van der Waals surface area contributed by atoms with Crippen LogP contribution >= 0.6 is 12.4 Å². The lowest BCUT2D eigenvalue weighted by Gasteiger charge is -1.98. The summed E-state index contributed by atoms with van der Waals surface area (Å²) < 4.78 is 0. The zero-order valence-electron chi connectivity index (χ0n) is 11.0. The van der Waals surface area contributed by atoms with Gasteiger partial charge in [0.15, 0.2) is 0 Å². The van der Waals surface area contributed by atoms with Crippen LogP contribution in [0.2, 0.25) is 0 Å². The van der Waals surface area contributed by atoms with Gasteiger partial charge in [-0.05, 0) is 23.3 Å². The van der Waals surface area contributed by atoms with E-state index in [0.29, 0.717) is 5.75 Å². The normalized spacial score (nSPS) is 8.80. The fourth-order valence-corrected chi connectivity index (χ4v) is 1.69. The summed E-state index contributed by atoms with van der Waals surface area (Å²) in [5.41, 5.74) is 2.55. The van der Waals surface area contributed by atoms with Crippen LogP contribution in [0.3, 0.4) is 0 Å². The van der Waals surface area contributed by atoms with Crippen molar-refractivity contribution in [2.45, 2.75) is 0 Å². The van der Waals surface area contributed by atoms with E-state index in [9.17, 15) is 0 Å². The third-order valence-corrected chi connectivity index (χ3v) is 2.64. The highest BCUT2D eigenvalue weighted by molar-refractivity contribution is 5.85. The van der Waals surface area contributed by atoms with Crippen molar-refractivity contribution in [2.75, 3.05) is 0 Å². The van der Waals surface area contributed by atoms with Gasteiger partial charge in [-0.1, -0.05) is 78.9 Å². The zero-order chi connectivity index (χ0) is 13.3. The van der Waals surface area contributed by atoms with Gasteiger partial charge in [-0.15, -0.1) is 12.4 Å². The molecule has 0 aliphatic rings. The lowest BCUT2D eigenvalue weighted by atomic mass is 10.1. The highest BCUT2D eigenvalue weighted by Gasteiger charge is 1.91. The van der Waals surface area contributed by atoms with Gasteiger partial charge in [0.1, 0.15) is 5.75 Å². The summed E-state index contributed by atoms with van der Waals surface area (Å²) in [5.74, 6) is 0.322. The third-order valence-electron chi connectivity index (χ3n) is 2.64. The second kappa shape index (κ2) is 8.78. The molecule has 0 spiro atoms. The summed E-state index contributed by atoms with van der Waals surface area (Å²) >= 11 is 0. The van der Waals surface area contributed by atoms with Crippen LogP contribution in [0.1, 0.15) is 0 Å².